The van der Waals surface area contributed by atoms with E-state index in [-0.39, 0.29) is 29.0 Å². The third kappa shape index (κ3) is 3.51. The molecule has 1 amide bonds. The van der Waals surface area contributed by atoms with Gasteiger partial charge in [-0.15, -0.1) is 0 Å². The highest BCUT2D eigenvalue weighted by Crippen LogP contribution is 2.22. The number of carbonyl (C=O) groups is 1. The van der Waals surface area contributed by atoms with Crippen LogP contribution in [-0.4, -0.2) is 16.1 Å². The lowest BCUT2D eigenvalue weighted by atomic mass is 10.1. The fourth-order valence-corrected chi connectivity index (χ4v) is 2.28. The van der Waals surface area contributed by atoms with Crippen molar-refractivity contribution < 1.29 is 15.0 Å². The van der Waals surface area contributed by atoms with E-state index in [0.29, 0.717) is 0 Å². The average molecular weight is 336 g/mol. The van der Waals surface area contributed by atoms with E-state index in [2.05, 4.69) is 21.2 Å². The lowest BCUT2D eigenvalue weighted by Crippen LogP contribution is -2.26. The minimum absolute atomic E-state index is 0.148. The van der Waals surface area contributed by atoms with E-state index in [1.165, 1.54) is 18.2 Å². The van der Waals surface area contributed by atoms with Gasteiger partial charge in [-0.3, -0.25) is 4.79 Å². The topological polar surface area (TPSA) is 69.6 Å². The van der Waals surface area contributed by atoms with Crippen molar-refractivity contribution in [2.45, 2.75) is 13.0 Å². The third-order valence-electron chi connectivity index (χ3n) is 2.86. The van der Waals surface area contributed by atoms with Gasteiger partial charge in [0.1, 0.15) is 11.5 Å². The smallest absolute Gasteiger partial charge is 0.252 e. The summed E-state index contributed by atoms with van der Waals surface area (Å²) in [5, 5.41) is 21.6. The third-order valence-corrected chi connectivity index (χ3v) is 3.35. The van der Waals surface area contributed by atoms with E-state index in [9.17, 15) is 15.0 Å². The Hall–Kier alpha value is -2.01. The number of benzene rings is 2. The number of phenolic OH excluding ortho intramolecular Hbond substituents is 2. The first-order valence-electron chi connectivity index (χ1n) is 6.05. The Bertz CT molecular complexity index is 623. The number of aromatic hydroxyl groups is 2. The van der Waals surface area contributed by atoms with Crippen molar-refractivity contribution in [3.05, 3.63) is 58.1 Å². The van der Waals surface area contributed by atoms with Crippen LogP contribution in [0.3, 0.4) is 0 Å². The first-order chi connectivity index (χ1) is 9.45. The van der Waals surface area contributed by atoms with E-state index in [0.717, 1.165) is 10.0 Å². The van der Waals surface area contributed by atoms with Crippen LogP contribution in [0.4, 0.5) is 0 Å². The van der Waals surface area contributed by atoms with Crippen molar-refractivity contribution in [3.63, 3.8) is 0 Å². The Labute approximate surface area is 125 Å². The van der Waals surface area contributed by atoms with Crippen LogP contribution < -0.4 is 5.32 Å². The summed E-state index contributed by atoms with van der Waals surface area (Å²) < 4.78 is 0.936. The van der Waals surface area contributed by atoms with E-state index in [4.69, 9.17) is 0 Å². The van der Waals surface area contributed by atoms with Crippen molar-refractivity contribution in [1.82, 2.24) is 5.32 Å². The molecule has 1 atom stereocenters. The molecule has 0 saturated heterocycles. The molecule has 4 nitrogen and oxygen atoms in total. The quantitative estimate of drug-likeness (QED) is 0.805. The summed E-state index contributed by atoms with van der Waals surface area (Å²) in [5.74, 6) is -0.654. The van der Waals surface area contributed by atoms with Crippen LogP contribution in [0.25, 0.3) is 0 Å². The predicted octanol–water partition coefficient (Wildman–Crippen LogP) is 3.35. The molecule has 0 radical (unpaired) electrons. The molecule has 0 aromatic heterocycles. The number of carbonyl (C=O) groups excluding carboxylic acids is 1. The Kier molecular flexibility index (Phi) is 4.29. The molecule has 0 saturated carbocycles. The minimum Gasteiger partial charge on any atom is -0.508 e. The molecule has 0 bridgehead atoms. The van der Waals surface area contributed by atoms with Gasteiger partial charge in [0, 0.05) is 16.1 Å². The Balaban J connectivity index is 2.15. The van der Waals surface area contributed by atoms with Crippen molar-refractivity contribution >= 4 is 21.8 Å². The van der Waals surface area contributed by atoms with Crippen LogP contribution in [0.5, 0.6) is 11.5 Å². The lowest BCUT2D eigenvalue weighted by molar-refractivity contribution is 0.0939. The van der Waals surface area contributed by atoms with Crippen molar-refractivity contribution in [1.29, 1.82) is 0 Å². The maximum absolute atomic E-state index is 12.1. The second-order valence-electron chi connectivity index (χ2n) is 4.49. The fourth-order valence-electron chi connectivity index (χ4n) is 1.87. The van der Waals surface area contributed by atoms with Crippen molar-refractivity contribution in [2.75, 3.05) is 0 Å². The van der Waals surface area contributed by atoms with Gasteiger partial charge in [0.15, 0.2) is 0 Å². The minimum atomic E-state index is -0.358. The van der Waals surface area contributed by atoms with Gasteiger partial charge in [-0.05, 0) is 36.8 Å². The molecule has 3 N–H and O–H groups in total. The first kappa shape index (κ1) is 14.4. The summed E-state index contributed by atoms with van der Waals surface area (Å²) in [6.07, 6.45) is 0. The van der Waals surface area contributed by atoms with Crippen LogP contribution in [0.1, 0.15) is 28.9 Å². The summed E-state index contributed by atoms with van der Waals surface area (Å²) >= 11 is 3.38. The van der Waals surface area contributed by atoms with Gasteiger partial charge in [-0.2, -0.15) is 0 Å². The number of halogens is 1. The lowest BCUT2D eigenvalue weighted by Gasteiger charge is -2.15. The standard InChI is InChI=1S/C15H14BrNO3/c1-9(10-3-2-4-12(16)5-10)17-15(20)11-6-13(18)8-14(19)7-11/h2-9,18-19H,1H3,(H,17,20). The summed E-state index contributed by atoms with van der Waals surface area (Å²) in [6, 6.07) is 11.2. The zero-order valence-electron chi connectivity index (χ0n) is 10.8. The zero-order chi connectivity index (χ0) is 14.7. The molecule has 5 heteroatoms. The molecule has 0 aliphatic carbocycles. The molecule has 2 rings (SSSR count). The summed E-state index contributed by atoms with van der Waals surface area (Å²) in [7, 11) is 0. The highest BCUT2D eigenvalue weighted by atomic mass is 79.9. The van der Waals surface area contributed by atoms with E-state index in [1.807, 2.05) is 31.2 Å². The molecular formula is C15H14BrNO3. The van der Waals surface area contributed by atoms with Crippen LogP contribution >= 0.6 is 15.9 Å². The van der Waals surface area contributed by atoms with Gasteiger partial charge < -0.3 is 15.5 Å². The summed E-state index contributed by atoms with van der Waals surface area (Å²) in [5.41, 5.74) is 1.17. The number of rotatable bonds is 3. The largest absolute Gasteiger partial charge is 0.508 e. The zero-order valence-corrected chi connectivity index (χ0v) is 12.4. The van der Waals surface area contributed by atoms with Crippen LogP contribution in [0.2, 0.25) is 0 Å². The maximum Gasteiger partial charge on any atom is 0.252 e. The predicted molar refractivity (Wildman–Crippen MR) is 79.8 cm³/mol. The summed E-state index contributed by atoms with van der Waals surface area (Å²) in [6.45, 7) is 1.86. The van der Waals surface area contributed by atoms with E-state index >= 15 is 0 Å². The van der Waals surface area contributed by atoms with Gasteiger partial charge in [0.2, 0.25) is 0 Å². The van der Waals surface area contributed by atoms with Crippen LogP contribution in [-0.2, 0) is 0 Å². The average Bonchev–Trinajstić information content (AvgIpc) is 2.37. The molecule has 2 aromatic rings. The van der Waals surface area contributed by atoms with Gasteiger partial charge in [-0.25, -0.2) is 0 Å². The molecule has 104 valence electrons. The first-order valence-corrected chi connectivity index (χ1v) is 6.84. The highest BCUT2D eigenvalue weighted by molar-refractivity contribution is 9.10. The number of phenols is 2. The number of hydrogen-bond donors (Lipinski definition) is 3. The molecule has 0 aliphatic heterocycles. The van der Waals surface area contributed by atoms with E-state index < -0.39 is 0 Å². The van der Waals surface area contributed by atoms with Crippen LogP contribution in [0, 0.1) is 0 Å². The van der Waals surface area contributed by atoms with Crippen molar-refractivity contribution in [3.8, 4) is 11.5 Å². The molecule has 20 heavy (non-hydrogen) atoms. The molecule has 0 heterocycles. The van der Waals surface area contributed by atoms with E-state index in [1.54, 1.807) is 0 Å². The maximum atomic E-state index is 12.1. The second-order valence-corrected chi connectivity index (χ2v) is 5.40. The monoisotopic (exact) mass is 335 g/mol. The molecule has 0 aliphatic rings. The number of nitrogens with one attached hydrogen (secondary N) is 1. The van der Waals surface area contributed by atoms with Gasteiger partial charge in [0.05, 0.1) is 6.04 Å². The SMILES string of the molecule is CC(NC(=O)c1cc(O)cc(O)c1)c1cccc(Br)c1. The number of hydrogen-bond acceptors (Lipinski definition) is 3. The Morgan fingerprint density at radius 1 is 1.15 bits per heavy atom. The fraction of sp³-hybridized carbons (Fsp3) is 0.133. The van der Waals surface area contributed by atoms with Gasteiger partial charge in [-0.1, -0.05) is 28.1 Å². The second kappa shape index (κ2) is 5.96. The molecule has 0 fully saturated rings. The highest BCUT2D eigenvalue weighted by Gasteiger charge is 2.13. The van der Waals surface area contributed by atoms with Gasteiger partial charge in [0.25, 0.3) is 5.91 Å². The molecule has 2 aromatic carbocycles. The molecular weight excluding hydrogens is 322 g/mol. The molecule has 0 spiro atoms. The summed E-state index contributed by atoms with van der Waals surface area (Å²) in [4.78, 5) is 12.1. The number of amides is 1. The normalized spacial score (nSPS) is 11.9. The molecule has 1 unspecified atom stereocenters. The Morgan fingerprint density at radius 2 is 1.80 bits per heavy atom. The van der Waals surface area contributed by atoms with Gasteiger partial charge >= 0.3 is 0 Å². The Morgan fingerprint density at radius 3 is 2.40 bits per heavy atom. The van der Waals surface area contributed by atoms with Crippen molar-refractivity contribution in [2.24, 2.45) is 0 Å². The van der Waals surface area contributed by atoms with Crippen LogP contribution in [0.15, 0.2) is 46.9 Å².